The summed E-state index contributed by atoms with van der Waals surface area (Å²) in [5.41, 5.74) is 0.588. The maximum absolute atomic E-state index is 12.6. The molecule has 0 aliphatic carbocycles. The molecular formula is C12H17ClN2OS. The van der Waals surface area contributed by atoms with Crippen LogP contribution in [-0.2, 0) is 6.54 Å². The molecule has 0 bridgehead atoms. The Morgan fingerprint density at radius 1 is 1.71 bits per heavy atom. The van der Waals surface area contributed by atoms with Crippen LogP contribution in [0.25, 0.3) is 0 Å². The van der Waals surface area contributed by atoms with E-state index >= 15 is 0 Å². The maximum Gasteiger partial charge on any atom is 0.198 e. The maximum atomic E-state index is 12.6. The summed E-state index contributed by atoms with van der Waals surface area (Å²) in [7, 11) is 0. The van der Waals surface area contributed by atoms with E-state index in [0.29, 0.717) is 10.7 Å². The molecule has 1 aromatic heterocycles. The molecular weight excluding hydrogens is 256 g/mol. The second-order valence-electron chi connectivity index (χ2n) is 4.58. The number of aromatic nitrogens is 2. The highest BCUT2D eigenvalue weighted by Gasteiger charge is 2.40. The van der Waals surface area contributed by atoms with Gasteiger partial charge in [0, 0.05) is 6.54 Å². The molecule has 0 N–H and O–H groups in total. The van der Waals surface area contributed by atoms with Crippen molar-refractivity contribution >= 4 is 29.1 Å². The summed E-state index contributed by atoms with van der Waals surface area (Å²) in [5, 5.41) is 4.67. The molecule has 3 nitrogen and oxygen atoms in total. The number of rotatable bonds is 4. The van der Waals surface area contributed by atoms with Crippen molar-refractivity contribution in [2.75, 3.05) is 5.75 Å². The Bertz CT molecular complexity index is 424. The zero-order valence-electron chi connectivity index (χ0n) is 10.2. The van der Waals surface area contributed by atoms with Gasteiger partial charge < -0.3 is 0 Å². The zero-order chi connectivity index (χ0) is 12.5. The van der Waals surface area contributed by atoms with E-state index in [0.717, 1.165) is 31.6 Å². The summed E-state index contributed by atoms with van der Waals surface area (Å²) >= 11 is 7.84. The minimum Gasteiger partial charge on any atom is -0.291 e. The van der Waals surface area contributed by atoms with Gasteiger partial charge in [0.25, 0.3) is 0 Å². The van der Waals surface area contributed by atoms with E-state index in [2.05, 4.69) is 12.0 Å². The van der Waals surface area contributed by atoms with Crippen molar-refractivity contribution in [2.24, 2.45) is 0 Å². The third-order valence-electron chi connectivity index (χ3n) is 3.14. The molecule has 1 aliphatic heterocycles. The molecule has 0 saturated carbocycles. The molecule has 0 radical (unpaired) electrons. The monoisotopic (exact) mass is 272 g/mol. The van der Waals surface area contributed by atoms with Gasteiger partial charge in [-0.2, -0.15) is 5.10 Å². The van der Waals surface area contributed by atoms with E-state index in [1.165, 1.54) is 0 Å². The number of aryl methyl sites for hydroxylation is 1. The fourth-order valence-electron chi connectivity index (χ4n) is 2.18. The van der Waals surface area contributed by atoms with E-state index in [9.17, 15) is 4.79 Å². The van der Waals surface area contributed by atoms with Gasteiger partial charge in [-0.05, 0) is 31.9 Å². The lowest BCUT2D eigenvalue weighted by atomic mass is 9.98. The Labute approximate surface area is 111 Å². The van der Waals surface area contributed by atoms with Crippen LogP contribution in [0.2, 0.25) is 5.02 Å². The average molecular weight is 273 g/mol. The van der Waals surface area contributed by atoms with Crippen molar-refractivity contribution < 1.29 is 4.79 Å². The van der Waals surface area contributed by atoms with Crippen LogP contribution in [0.4, 0.5) is 0 Å². The molecule has 1 aliphatic rings. The van der Waals surface area contributed by atoms with Gasteiger partial charge in [-0.1, -0.05) is 18.5 Å². The highest BCUT2D eigenvalue weighted by atomic mass is 35.5. The van der Waals surface area contributed by atoms with Gasteiger partial charge in [0.15, 0.2) is 5.78 Å². The van der Waals surface area contributed by atoms with E-state index < -0.39 is 0 Å². The predicted molar refractivity (Wildman–Crippen MR) is 72.0 cm³/mol. The molecule has 1 fully saturated rings. The van der Waals surface area contributed by atoms with Crippen LogP contribution in [0, 0.1) is 0 Å². The molecule has 1 saturated heterocycles. The highest BCUT2D eigenvalue weighted by Crippen LogP contribution is 2.41. The van der Waals surface area contributed by atoms with Crippen LogP contribution >= 0.6 is 23.4 Å². The largest absolute Gasteiger partial charge is 0.291 e. The molecule has 0 aromatic carbocycles. The standard InChI is InChI=1S/C12H17ClN2OS/c1-3-6-15-10(9(13)8-14-15)11(16)12(2)5-4-7-17-12/h8H,3-7H2,1-2H3. The van der Waals surface area contributed by atoms with Crippen molar-refractivity contribution in [3.8, 4) is 0 Å². The first kappa shape index (κ1) is 13.0. The number of carbonyl (C=O) groups excluding carboxylic acids is 1. The molecule has 0 spiro atoms. The van der Waals surface area contributed by atoms with Gasteiger partial charge in [0.2, 0.25) is 0 Å². The second-order valence-corrected chi connectivity index (χ2v) is 6.58. The van der Waals surface area contributed by atoms with Crippen LogP contribution in [0.15, 0.2) is 6.20 Å². The number of nitrogens with zero attached hydrogens (tertiary/aromatic N) is 2. The molecule has 17 heavy (non-hydrogen) atoms. The SMILES string of the molecule is CCCn1ncc(Cl)c1C(=O)C1(C)CCCS1. The first-order chi connectivity index (χ1) is 8.08. The van der Waals surface area contributed by atoms with Gasteiger partial charge in [0.05, 0.1) is 16.0 Å². The lowest BCUT2D eigenvalue weighted by Gasteiger charge is -2.21. The van der Waals surface area contributed by atoms with Gasteiger partial charge >= 0.3 is 0 Å². The summed E-state index contributed by atoms with van der Waals surface area (Å²) in [4.78, 5) is 12.6. The number of Topliss-reactive ketones (excluding diaryl/α,β-unsaturated/α-hetero) is 1. The minimum absolute atomic E-state index is 0.135. The number of carbonyl (C=O) groups is 1. The Hall–Kier alpha value is -0.480. The summed E-state index contributed by atoms with van der Waals surface area (Å²) in [6, 6.07) is 0. The summed E-state index contributed by atoms with van der Waals surface area (Å²) in [5.74, 6) is 1.19. The summed E-state index contributed by atoms with van der Waals surface area (Å²) < 4.78 is 1.43. The quantitative estimate of drug-likeness (QED) is 0.788. The zero-order valence-corrected chi connectivity index (χ0v) is 11.8. The third-order valence-corrected chi connectivity index (χ3v) is 4.94. The number of thioether (sulfide) groups is 1. The van der Waals surface area contributed by atoms with E-state index in [1.807, 2.05) is 6.92 Å². The van der Waals surface area contributed by atoms with E-state index in [4.69, 9.17) is 11.6 Å². The summed E-state index contributed by atoms with van der Waals surface area (Å²) in [6.07, 6.45) is 4.56. The van der Waals surface area contributed by atoms with Crippen LogP contribution in [0.5, 0.6) is 0 Å². The van der Waals surface area contributed by atoms with Crippen LogP contribution in [-0.4, -0.2) is 26.1 Å². The molecule has 2 rings (SSSR count). The van der Waals surface area contributed by atoms with Crippen molar-refractivity contribution in [2.45, 2.75) is 44.4 Å². The van der Waals surface area contributed by atoms with Gasteiger partial charge in [0.1, 0.15) is 5.69 Å². The van der Waals surface area contributed by atoms with Crippen molar-refractivity contribution in [3.05, 3.63) is 16.9 Å². The summed E-state index contributed by atoms with van der Waals surface area (Å²) in [6.45, 7) is 4.83. The molecule has 1 atom stereocenters. The van der Waals surface area contributed by atoms with Gasteiger partial charge in [-0.15, -0.1) is 11.8 Å². The lowest BCUT2D eigenvalue weighted by molar-refractivity contribution is 0.0938. The Morgan fingerprint density at radius 2 is 2.47 bits per heavy atom. The number of hydrogen-bond acceptors (Lipinski definition) is 3. The number of hydrogen-bond donors (Lipinski definition) is 0. The topological polar surface area (TPSA) is 34.9 Å². The normalized spacial score (nSPS) is 24.2. The fraction of sp³-hybridized carbons (Fsp3) is 0.667. The first-order valence-corrected chi connectivity index (χ1v) is 7.35. The van der Waals surface area contributed by atoms with Gasteiger partial charge in [-0.25, -0.2) is 0 Å². The Morgan fingerprint density at radius 3 is 3.06 bits per heavy atom. The van der Waals surface area contributed by atoms with Crippen molar-refractivity contribution in [1.82, 2.24) is 9.78 Å². The Kier molecular flexibility index (Phi) is 3.83. The van der Waals surface area contributed by atoms with E-state index in [1.54, 1.807) is 22.6 Å². The van der Waals surface area contributed by atoms with E-state index in [-0.39, 0.29) is 10.5 Å². The molecule has 0 amide bonds. The molecule has 94 valence electrons. The van der Waals surface area contributed by atoms with Crippen LogP contribution in [0.3, 0.4) is 0 Å². The Balaban J connectivity index is 2.32. The highest BCUT2D eigenvalue weighted by molar-refractivity contribution is 8.01. The molecule has 5 heteroatoms. The third kappa shape index (κ3) is 2.38. The molecule has 2 heterocycles. The smallest absolute Gasteiger partial charge is 0.198 e. The van der Waals surface area contributed by atoms with Crippen molar-refractivity contribution in [1.29, 1.82) is 0 Å². The van der Waals surface area contributed by atoms with Crippen molar-refractivity contribution in [3.63, 3.8) is 0 Å². The van der Waals surface area contributed by atoms with Gasteiger partial charge in [-0.3, -0.25) is 9.48 Å². The molecule has 1 aromatic rings. The first-order valence-electron chi connectivity index (χ1n) is 5.98. The molecule has 1 unspecified atom stereocenters. The predicted octanol–water partition coefficient (Wildman–Crippen LogP) is 3.41. The number of ketones is 1. The van der Waals surface area contributed by atoms with Crippen LogP contribution < -0.4 is 0 Å². The average Bonchev–Trinajstić information content (AvgIpc) is 2.87. The lowest BCUT2D eigenvalue weighted by Crippen LogP contribution is -2.31. The minimum atomic E-state index is -0.310. The van der Waals surface area contributed by atoms with Crippen LogP contribution in [0.1, 0.15) is 43.6 Å². The number of halogens is 1. The second kappa shape index (κ2) is 5.02. The fourth-order valence-corrected chi connectivity index (χ4v) is 3.66.